The Morgan fingerprint density at radius 3 is 2.67 bits per heavy atom. The second-order valence-corrected chi connectivity index (χ2v) is 8.05. The Hall–Kier alpha value is -1.73. The summed E-state index contributed by atoms with van der Waals surface area (Å²) in [6.07, 6.45) is 0. The summed E-state index contributed by atoms with van der Waals surface area (Å²) < 4.78 is 5.60. The number of aromatic amines is 1. The lowest BCUT2D eigenvalue weighted by Gasteiger charge is -2.22. The van der Waals surface area contributed by atoms with E-state index >= 15 is 0 Å². The summed E-state index contributed by atoms with van der Waals surface area (Å²) in [6.45, 7) is 7.92. The largest absolute Gasteiger partial charge is 0.486 e. The van der Waals surface area contributed by atoms with Crippen molar-refractivity contribution >= 4 is 29.3 Å². The molecule has 1 aromatic carbocycles. The maximum absolute atomic E-state index is 12.1. The van der Waals surface area contributed by atoms with Gasteiger partial charge in [-0.15, -0.1) is 5.10 Å². The normalized spacial score (nSPS) is 12.7. The Balaban J connectivity index is 1.86. The number of hydrogen-bond acceptors (Lipinski definition) is 5. The highest BCUT2D eigenvalue weighted by Gasteiger charge is 2.21. The Labute approximate surface area is 150 Å². The Morgan fingerprint density at radius 2 is 2.04 bits per heavy atom. The van der Waals surface area contributed by atoms with Gasteiger partial charge in [-0.05, 0) is 52.0 Å². The molecule has 0 bridgehead atoms. The summed E-state index contributed by atoms with van der Waals surface area (Å²) >= 11 is 7.12. The fourth-order valence-electron chi connectivity index (χ4n) is 1.76. The van der Waals surface area contributed by atoms with Crippen molar-refractivity contribution in [3.05, 3.63) is 35.1 Å². The topological polar surface area (TPSA) is 79.9 Å². The molecule has 24 heavy (non-hydrogen) atoms. The van der Waals surface area contributed by atoms with Crippen LogP contribution in [0.15, 0.2) is 29.4 Å². The molecule has 0 spiro atoms. The van der Waals surface area contributed by atoms with Crippen LogP contribution in [0.5, 0.6) is 5.75 Å². The minimum atomic E-state index is -0.287. The van der Waals surface area contributed by atoms with E-state index in [9.17, 15) is 4.79 Å². The smallest absolute Gasteiger partial charge is 0.233 e. The molecule has 2 aromatic rings. The quantitative estimate of drug-likeness (QED) is 0.763. The molecule has 0 aliphatic heterocycles. The summed E-state index contributed by atoms with van der Waals surface area (Å²) in [6, 6.07) is 7.09. The molecular formula is C16H21ClN4O2S. The first-order chi connectivity index (χ1) is 11.2. The summed E-state index contributed by atoms with van der Waals surface area (Å²) in [5.41, 5.74) is -0.261. The van der Waals surface area contributed by atoms with Gasteiger partial charge in [-0.1, -0.05) is 23.4 Å². The van der Waals surface area contributed by atoms with E-state index in [1.807, 2.05) is 27.7 Å². The van der Waals surface area contributed by atoms with Gasteiger partial charge in [0, 0.05) is 10.6 Å². The van der Waals surface area contributed by atoms with Gasteiger partial charge in [-0.25, -0.2) is 4.98 Å². The highest BCUT2D eigenvalue weighted by molar-refractivity contribution is 8.00. The Morgan fingerprint density at radius 1 is 1.38 bits per heavy atom. The molecule has 130 valence electrons. The van der Waals surface area contributed by atoms with Crippen molar-refractivity contribution in [1.29, 1.82) is 0 Å². The first-order valence-electron chi connectivity index (χ1n) is 7.51. The van der Waals surface area contributed by atoms with E-state index in [1.165, 1.54) is 11.8 Å². The maximum atomic E-state index is 12.1. The number of benzene rings is 1. The van der Waals surface area contributed by atoms with Gasteiger partial charge in [0.2, 0.25) is 11.1 Å². The molecule has 6 nitrogen and oxygen atoms in total. The maximum Gasteiger partial charge on any atom is 0.233 e. The van der Waals surface area contributed by atoms with E-state index in [0.29, 0.717) is 21.8 Å². The SMILES string of the molecule is C[C@@H](Sc1n[nH]c(COc2ccc(Cl)cc2)n1)C(=O)NC(C)(C)C. The van der Waals surface area contributed by atoms with Gasteiger partial charge in [0.25, 0.3) is 0 Å². The van der Waals surface area contributed by atoms with E-state index < -0.39 is 0 Å². The predicted molar refractivity (Wildman–Crippen MR) is 95.4 cm³/mol. The van der Waals surface area contributed by atoms with E-state index in [1.54, 1.807) is 24.3 Å². The molecule has 8 heteroatoms. The van der Waals surface area contributed by atoms with Crippen LogP contribution in [-0.4, -0.2) is 31.9 Å². The lowest BCUT2D eigenvalue weighted by Crippen LogP contribution is -2.44. The van der Waals surface area contributed by atoms with Crippen molar-refractivity contribution in [2.45, 2.75) is 50.2 Å². The zero-order chi connectivity index (χ0) is 17.7. The second-order valence-electron chi connectivity index (χ2n) is 6.31. The van der Waals surface area contributed by atoms with Gasteiger partial charge < -0.3 is 10.1 Å². The molecule has 2 N–H and O–H groups in total. The third kappa shape index (κ3) is 6.05. The van der Waals surface area contributed by atoms with Crippen LogP contribution in [0.1, 0.15) is 33.5 Å². The van der Waals surface area contributed by atoms with Crippen LogP contribution in [0, 0.1) is 0 Å². The lowest BCUT2D eigenvalue weighted by atomic mass is 10.1. The predicted octanol–water partition coefficient (Wildman–Crippen LogP) is 3.43. The van der Waals surface area contributed by atoms with Crippen molar-refractivity contribution in [1.82, 2.24) is 20.5 Å². The number of aromatic nitrogens is 3. The standard InChI is InChI=1S/C16H21ClN4O2S/c1-10(14(22)19-16(2,3)4)24-15-18-13(20-21-15)9-23-12-7-5-11(17)6-8-12/h5-8,10H,9H2,1-4H3,(H,19,22)(H,18,20,21)/t10-/m1/s1. The Bertz CT molecular complexity index is 682. The van der Waals surface area contributed by atoms with Gasteiger partial charge in [-0.2, -0.15) is 0 Å². The third-order valence-corrected chi connectivity index (χ3v) is 4.06. The van der Waals surface area contributed by atoms with Crippen molar-refractivity contribution < 1.29 is 9.53 Å². The van der Waals surface area contributed by atoms with E-state index in [-0.39, 0.29) is 23.3 Å². The van der Waals surface area contributed by atoms with Crippen LogP contribution in [0.2, 0.25) is 5.02 Å². The molecule has 2 rings (SSSR count). The molecular weight excluding hydrogens is 348 g/mol. The van der Waals surface area contributed by atoms with Gasteiger partial charge in [0.1, 0.15) is 12.4 Å². The summed E-state index contributed by atoms with van der Waals surface area (Å²) in [5, 5.41) is 10.7. The summed E-state index contributed by atoms with van der Waals surface area (Å²) in [4.78, 5) is 16.4. The summed E-state index contributed by atoms with van der Waals surface area (Å²) in [7, 11) is 0. The van der Waals surface area contributed by atoms with Crippen LogP contribution in [0.25, 0.3) is 0 Å². The van der Waals surface area contributed by atoms with Crippen molar-refractivity contribution in [2.24, 2.45) is 0 Å². The molecule has 0 aliphatic carbocycles. The van der Waals surface area contributed by atoms with Gasteiger partial charge in [-0.3, -0.25) is 9.89 Å². The second kappa shape index (κ2) is 7.90. The van der Waals surface area contributed by atoms with Crippen LogP contribution in [0.4, 0.5) is 0 Å². The first-order valence-corrected chi connectivity index (χ1v) is 8.77. The fourth-order valence-corrected chi connectivity index (χ4v) is 2.63. The molecule has 0 unspecified atom stereocenters. The number of amides is 1. The molecule has 1 atom stereocenters. The zero-order valence-electron chi connectivity index (χ0n) is 14.1. The van der Waals surface area contributed by atoms with E-state index in [0.717, 1.165) is 0 Å². The third-order valence-electron chi connectivity index (χ3n) is 2.85. The van der Waals surface area contributed by atoms with E-state index in [2.05, 4.69) is 20.5 Å². The number of carbonyl (C=O) groups excluding carboxylic acids is 1. The highest BCUT2D eigenvalue weighted by atomic mass is 35.5. The molecule has 1 aromatic heterocycles. The number of H-pyrrole nitrogens is 1. The number of thioether (sulfide) groups is 1. The number of rotatable bonds is 6. The van der Waals surface area contributed by atoms with Crippen molar-refractivity contribution in [2.75, 3.05) is 0 Å². The summed E-state index contributed by atoms with van der Waals surface area (Å²) in [5.74, 6) is 1.25. The monoisotopic (exact) mass is 368 g/mol. The number of ether oxygens (including phenoxy) is 1. The van der Waals surface area contributed by atoms with Gasteiger partial charge in [0.15, 0.2) is 5.82 Å². The highest BCUT2D eigenvalue weighted by Crippen LogP contribution is 2.21. The van der Waals surface area contributed by atoms with Crippen LogP contribution < -0.4 is 10.1 Å². The van der Waals surface area contributed by atoms with E-state index in [4.69, 9.17) is 16.3 Å². The number of halogens is 1. The molecule has 0 saturated heterocycles. The zero-order valence-corrected chi connectivity index (χ0v) is 15.7. The minimum Gasteiger partial charge on any atom is -0.486 e. The fraction of sp³-hybridized carbons (Fsp3) is 0.438. The number of hydrogen-bond donors (Lipinski definition) is 2. The van der Waals surface area contributed by atoms with Crippen LogP contribution in [-0.2, 0) is 11.4 Å². The Kier molecular flexibility index (Phi) is 6.12. The number of nitrogens with one attached hydrogen (secondary N) is 2. The van der Waals surface area contributed by atoms with Crippen molar-refractivity contribution in [3.63, 3.8) is 0 Å². The van der Waals surface area contributed by atoms with Gasteiger partial charge >= 0.3 is 0 Å². The van der Waals surface area contributed by atoms with Crippen LogP contribution in [0.3, 0.4) is 0 Å². The van der Waals surface area contributed by atoms with Crippen LogP contribution >= 0.6 is 23.4 Å². The molecule has 0 fully saturated rings. The number of nitrogens with zero attached hydrogens (tertiary/aromatic N) is 2. The first kappa shape index (κ1) is 18.6. The average Bonchev–Trinajstić information content (AvgIpc) is 2.92. The molecule has 1 heterocycles. The molecule has 0 aliphatic rings. The lowest BCUT2D eigenvalue weighted by molar-refractivity contribution is -0.121. The molecule has 0 saturated carbocycles. The number of carbonyl (C=O) groups is 1. The van der Waals surface area contributed by atoms with Crippen molar-refractivity contribution in [3.8, 4) is 5.75 Å². The van der Waals surface area contributed by atoms with Gasteiger partial charge in [0.05, 0.1) is 5.25 Å². The average molecular weight is 369 g/mol. The molecule has 1 amide bonds. The molecule has 0 radical (unpaired) electrons. The minimum absolute atomic E-state index is 0.0451.